The van der Waals surface area contributed by atoms with Gasteiger partial charge in [-0.15, -0.1) is 5.10 Å². The molecular formula is C16H9BrN4OS. The van der Waals surface area contributed by atoms with Crippen LogP contribution in [0.25, 0.3) is 22.4 Å². The molecule has 0 atom stereocenters. The summed E-state index contributed by atoms with van der Waals surface area (Å²) >= 11 is 4.72. The minimum absolute atomic E-state index is 0.157. The normalized spacial score (nSPS) is 12.1. The van der Waals surface area contributed by atoms with E-state index >= 15 is 0 Å². The van der Waals surface area contributed by atoms with E-state index in [2.05, 4.69) is 31.0 Å². The SMILES string of the molecule is O=c1/c(=C/c2ccc(Br)cc2)sc2nc(-c3cccnc3)nn12. The van der Waals surface area contributed by atoms with Crippen LogP contribution in [0.4, 0.5) is 0 Å². The van der Waals surface area contributed by atoms with Crippen LogP contribution in [0.5, 0.6) is 0 Å². The van der Waals surface area contributed by atoms with Crippen molar-refractivity contribution in [1.82, 2.24) is 19.6 Å². The van der Waals surface area contributed by atoms with Gasteiger partial charge in [0.1, 0.15) is 0 Å². The van der Waals surface area contributed by atoms with Gasteiger partial charge in [0.2, 0.25) is 4.96 Å². The molecule has 0 aliphatic heterocycles. The maximum atomic E-state index is 12.5. The Kier molecular flexibility index (Phi) is 3.51. The third kappa shape index (κ3) is 2.69. The molecule has 7 heteroatoms. The molecule has 4 aromatic rings. The van der Waals surface area contributed by atoms with E-state index in [1.165, 1.54) is 15.9 Å². The minimum atomic E-state index is -0.157. The van der Waals surface area contributed by atoms with Crippen molar-refractivity contribution in [1.29, 1.82) is 0 Å². The Hall–Kier alpha value is -2.38. The van der Waals surface area contributed by atoms with Gasteiger partial charge in [-0.25, -0.2) is 0 Å². The van der Waals surface area contributed by atoms with Crippen molar-refractivity contribution < 1.29 is 0 Å². The summed E-state index contributed by atoms with van der Waals surface area (Å²) in [6.45, 7) is 0. The van der Waals surface area contributed by atoms with Crippen LogP contribution in [-0.4, -0.2) is 19.6 Å². The third-order valence-corrected chi connectivity index (χ3v) is 4.76. The fourth-order valence-electron chi connectivity index (χ4n) is 2.16. The quantitative estimate of drug-likeness (QED) is 0.532. The zero-order valence-electron chi connectivity index (χ0n) is 11.7. The number of halogens is 1. The summed E-state index contributed by atoms with van der Waals surface area (Å²) in [5.41, 5.74) is 1.60. The molecule has 23 heavy (non-hydrogen) atoms. The van der Waals surface area contributed by atoms with Gasteiger partial charge >= 0.3 is 0 Å². The molecule has 4 rings (SSSR count). The molecule has 1 aromatic carbocycles. The Morgan fingerprint density at radius 1 is 1.17 bits per heavy atom. The Morgan fingerprint density at radius 2 is 2.00 bits per heavy atom. The lowest BCUT2D eigenvalue weighted by molar-refractivity contribution is 0.936. The average molecular weight is 385 g/mol. The largest absolute Gasteiger partial charge is 0.291 e. The summed E-state index contributed by atoms with van der Waals surface area (Å²) in [4.78, 5) is 21.5. The first-order valence-electron chi connectivity index (χ1n) is 6.78. The molecule has 0 saturated carbocycles. The molecule has 0 saturated heterocycles. The Morgan fingerprint density at radius 3 is 2.70 bits per heavy atom. The first-order valence-corrected chi connectivity index (χ1v) is 8.39. The molecule has 0 amide bonds. The zero-order chi connectivity index (χ0) is 15.8. The van der Waals surface area contributed by atoms with E-state index in [1.807, 2.05) is 42.5 Å². The van der Waals surface area contributed by atoms with E-state index in [9.17, 15) is 4.79 Å². The number of fused-ring (bicyclic) bond motifs is 1. The van der Waals surface area contributed by atoms with Crippen LogP contribution in [0.1, 0.15) is 5.56 Å². The highest BCUT2D eigenvalue weighted by Gasteiger charge is 2.11. The Labute approximate surface area is 143 Å². The number of aromatic nitrogens is 4. The Bertz CT molecular complexity index is 1090. The van der Waals surface area contributed by atoms with Crippen LogP contribution < -0.4 is 10.1 Å². The summed E-state index contributed by atoms with van der Waals surface area (Å²) < 4.78 is 2.96. The van der Waals surface area contributed by atoms with Crippen molar-refractivity contribution in [3.8, 4) is 11.4 Å². The van der Waals surface area contributed by atoms with Crippen LogP contribution in [0.3, 0.4) is 0 Å². The van der Waals surface area contributed by atoms with Crippen LogP contribution in [-0.2, 0) is 0 Å². The number of thiazole rings is 1. The van der Waals surface area contributed by atoms with E-state index in [4.69, 9.17) is 0 Å². The van der Waals surface area contributed by atoms with Gasteiger partial charge in [0.25, 0.3) is 5.56 Å². The fraction of sp³-hybridized carbons (Fsp3) is 0. The molecule has 0 unspecified atom stereocenters. The minimum Gasteiger partial charge on any atom is -0.266 e. The molecule has 0 spiro atoms. The number of pyridine rings is 1. The van der Waals surface area contributed by atoms with Gasteiger partial charge in [-0.05, 0) is 35.9 Å². The van der Waals surface area contributed by atoms with E-state index < -0.39 is 0 Å². The summed E-state index contributed by atoms with van der Waals surface area (Å²) in [5.74, 6) is 0.511. The zero-order valence-corrected chi connectivity index (χ0v) is 14.1. The molecule has 0 bridgehead atoms. The van der Waals surface area contributed by atoms with Gasteiger partial charge in [-0.3, -0.25) is 9.78 Å². The van der Waals surface area contributed by atoms with Crippen LogP contribution in [0, 0.1) is 0 Å². The first-order chi connectivity index (χ1) is 11.2. The lowest BCUT2D eigenvalue weighted by Crippen LogP contribution is -2.23. The number of benzene rings is 1. The van der Waals surface area contributed by atoms with Crippen molar-refractivity contribution in [3.05, 3.63) is 73.7 Å². The molecule has 3 aromatic heterocycles. The lowest BCUT2D eigenvalue weighted by atomic mass is 10.2. The molecule has 3 heterocycles. The highest BCUT2D eigenvalue weighted by atomic mass is 79.9. The third-order valence-electron chi connectivity index (χ3n) is 3.27. The predicted molar refractivity (Wildman–Crippen MR) is 93.3 cm³/mol. The van der Waals surface area contributed by atoms with Gasteiger partial charge in [0, 0.05) is 22.4 Å². The maximum absolute atomic E-state index is 12.5. The number of hydrogen-bond donors (Lipinski definition) is 0. The second kappa shape index (κ2) is 5.68. The molecule has 0 aliphatic carbocycles. The van der Waals surface area contributed by atoms with E-state index in [0.717, 1.165) is 15.6 Å². The number of hydrogen-bond acceptors (Lipinski definition) is 5. The van der Waals surface area contributed by atoms with Gasteiger partial charge in [-0.2, -0.15) is 9.50 Å². The first kappa shape index (κ1) is 14.2. The smallest absolute Gasteiger partial charge is 0.266 e. The van der Waals surface area contributed by atoms with Gasteiger partial charge < -0.3 is 0 Å². The second-order valence-corrected chi connectivity index (χ2v) is 6.76. The summed E-state index contributed by atoms with van der Waals surface area (Å²) in [6, 6.07) is 11.4. The second-order valence-electron chi connectivity index (χ2n) is 4.84. The topological polar surface area (TPSA) is 60.2 Å². The van der Waals surface area contributed by atoms with Gasteiger partial charge in [0.05, 0.1) is 4.53 Å². The Balaban J connectivity index is 1.82. The van der Waals surface area contributed by atoms with Crippen LogP contribution in [0.2, 0.25) is 0 Å². The van der Waals surface area contributed by atoms with Crippen molar-refractivity contribution in [2.24, 2.45) is 0 Å². The number of rotatable bonds is 2. The standard InChI is InChI=1S/C16H9BrN4OS/c17-12-5-3-10(4-6-12)8-13-15(22)21-16(23-13)19-14(20-21)11-2-1-7-18-9-11/h1-9H/b13-8-. The van der Waals surface area contributed by atoms with Crippen molar-refractivity contribution in [2.75, 3.05) is 0 Å². The summed E-state index contributed by atoms with van der Waals surface area (Å²) in [5, 5.41) is 4.29. The van der Waals surface area contributed by atoms with Gasteiger partial charge in [0.15, 0.2) is 5.82 Å². The highest BCUT2D eigenvalue weighted by Crippen LogP contribution is 2.15. The maximum Gasteiger partial charge on any atom is 0.291 e. The summed E-state index contributed by atoms with van der Waals surface area (Å²) in [6.07, 6.45) is 5.21. The molecule has 0 aliphatic rings. The molecular weight excluding hydrogens is 376 g/mol. The van der Waals surface area contributed by atoms with E-state index in [0.29, 0.717) is 15.3 Å². The van der Waals surface area contributed by atoms with Crippen molar-refractivity contribution in [2.45, 2.75) is 0 Å². The molecule has 0 radical (unpaired) electrons. The molecule has 0 N–H and O–H groups in total. The molecule has 112 valence electrons. The van der Waals surface area contributed by atoms with Crippen molar-refractivity contribution >= 4 is 38.3 Å². The predicted octanol–water partition coefficient (Wildman–Crippen LogP) is 2.52. The van der Waals surface area contributed by atoms with Crippen LogP contribution in [0.15, 0.2) is 58.1 Å². The average Bonchev–Trinajstić information content (AvgIpc) is 3.11. The van der Waals surface area contributed by atoms with E-state index in [1.54, 1.807) is 12.4 Å². The highest BCUT2D eigenvalue weighted by molar-refractivity contribution is 9.10. The van der Waals surface area contributed by atoms with Crippen LogP contribution >= 0.6 is 27.3 Å². The fourth-order valence-corrected chi connectivity index (χ4v) is 3.33. The molecule has 0 fully saturated rings. The number of nitrogens with zero attached hydrogens (tertiary/aromatic N) is 4. The lowest BCUT2D eigenvalue weighted by Gasteiger charge is -1.92. The summed E-state index contributed by atoms with van der Waals surface area (Å²) in [7, 11) is 0. The van der Waals surface area contributed by atoms with E-state index in [-0.39, 0.29) is 5.56 Å². The monoisotopic (exact) mass is 384 g/mol. The van der Waals surface area contributed by atoms with Crippen molar-refractivity contribution in [3.63, 3.8) is 0 Å². The van der Waals surface area contributed by atoms with Gasteiger partial charge in [-0.1, -0.05) is 39.4 Å². The molecule has 5 nitrogen and oxygen atoms in total.